The number of aryl methyl sites for hydroxylation is 1. The monoisotopic (exact) mass is 925 g/mol. The molecule has 0 radical (unpaired) electrons. The van der Waals surface area contributed by atoms with E-state index in [2.05, 4.69) is 54.0 Å². The third kappa shape index (κ3) is 9.77. The zero-order valence-corrected chi connectivity index (χ0v) is 38.9. The van der Waals surface area contributed by atoms with Gasteiger partial charge in [0.05, 0.1) is 44.9 Å². The molecule has 1 aromatic heterocycles. The van der Waals surface area contributed by atoms with Gasteiger partial charge in [-0.25, -0.2) is 13.4 Å². The van der Waals surface area contributed by atoms with Crippen molar-refractivity contribution in [3.8, 4) is 5.75 Å². The van der Waals surface area contributed by atoms with Gasteiger partial charge >= 0.3 is 0 Å². The molecule has 65 heavy (non-hydrogen) atoms. The summed E-state index contributed by atoms with van der Waals surface area (Å²) in [5, 5.41) is 12.1. The summed E-state index contributed by atoms with van der Waals surface area (Å²) in [5.41, 5.74) is 4.65. The van der Waals surface area contributed by atoms with Crippen molar-refractivity contribution < 1.29 is 32.3 Å². The number of hydrogen-bond donors (Lipinski definition) is 4. The lowest BCUT2D eigenvalue weighted by molar-refractivity contribution is -0.136. The van der Waals surface area contributed by atoms with E-state index in [9.17, 15) is 27.6 Å². The molecule has 5 heterocycles. The lowest BCUT2D eigenvalue weighted by atomic mass is 9.94. The smallest absolute Gasteiger partial charge is 0.262 e. The van der Waals surface area contributed by atoms with Crippen LogP contribution in [0.1, 0.15) is 92.5 Å². The Bertz CT molecular complexity index is 2620. The van der Waals surface area contributed by atoms with Gasteiger partial charge in [-0.05, 0) is 121 Å². The number of fused-ring (bicyclic) bond motifs is 1. The minimum Gasteiger partial charge on any atom is -0.489 e. The van der Waals surface area contributed by atoms with Crippen molar-refractivity contribution in [3.05, 3.63) is 82.5 Å². The molecule has 4 amide bonds. The van der Waals surface area contributed by atoms with E-state index in [1.807, 2.05) is 26.0 Å². The van der Waals surface area contributed by atoms with Crippen molar-refractivity contribution in [2.75, 3.05) is 53.2 Å². The highest BCUT2D eigenvalue weighted by molar-refractivity contribution is 7.92. The molecule has 0 saturated carbocycles. The Morgan fingerprint density at radius 2 is 1.63 bits per heavy atom. The number of sulfone groups is 1. The first-order valence-electron chi connectivity index (χ1n) is 22.4. The fraction of sp³-hybridized carbons (Fsp3) is 0.447. The molecule has 0 spiro atoms. The molecule has 2 unspecified atom stereocenters. The van der Waals surface area contributed by atoms with Crippen molar-refractivity contribution >= 4 is 79.6 Å². The highest BCUT2D eigenvalue weighted by Gasteiger charge is 2.45. The van der Waals surface area contributed by atoms with E-state index in [4.69, 9.17) is 16.3 Å². The number of imide groups is 2. The van der Waals surface area contributed by atoms with E-state index in [0.29, 0.717) is 28.6 Å². The number of nitrogens with one attached hydrogen (secondary N) is 4. The molecule has 344 valence electrons. The minimum absolute atomic E-state index is 0.0805. The summed E-state index contributed by atoms with van der Waals surface area (Å²) in [4.78, 5) is 65.8. The van der Waals surface area contributed by atoms with Crippen molar-refractivity contribution in [3.63, 3.8) is 0 Å². The van der Waals surface area contributed by atoms with Crippen LogP contribution in [0.2, 0.25) is 5.02 Å². The van der Waals surface area contributed by atoms with E-state index in [1.54, 1.807) is 50.2 Å². The van der Waals surface area contributed by atoms with Gasteiger partial charge < -0.3 is 30.5 Å². The van der Waals surface area contributed by atoms with Crippen molar-refractivity contribution in [2.45, 2.75) is 101 Å². The SMILES string of the molecule is Cc1cc(Nc2ncc(Cl)c(Nc3ccccc3S(=O)(=O)C(C)C)n2)c(OC(C)C)cc1N1CCC(CNC2CCCN(c3ccc4c(c3)C(=O)N(C3CCC(=O)NC3=O)C4=O)C2)CC1. The summed E-state index contributed by atoms with van der Waals surface area (Å²) < 4.78 is 32.6. The molecule has 4 aliphatic heterocycles. The predicted octanol–water partition coefficient (Wildman–Crippen LogP) is 6.77. The van der Waals surface area contributed by atoms with E-state index < -0.39 is 44.8 Å². The second-order valence-electron chi connectivity index (χ2n) is 17.8. The largest absolute Gasteiger partial charge is 0.489 e. The number of amides is 4. The number of nitrogens with zero attached hydrogens (tertiary/aromatic N) is 5. The summed E-state index contributed by atoms with van der Waals surface area (Å²) in [6, 6.07) is 15.4. The van der Waals surface area contributed by atoms with Crippen LogP contribution >= 0.6 is 11.6 Å². The number of anilines is 6. The summed E-state index contributed by atoms with van der Waals surface area (Å²) in [7, 11) is -3.59. The predicted molar refractivity (Wildman–Crippen MR) is 251 cm³/mol. The Kier molecular flexibility index (Phi) is 13.4. The molecular formula is C47H56ClN9O7S. The van der Waals surface area contributed by atoms with Gasteiger partial charge in [0.15, 0.2) is 15.7 Å². The summed E-state index contributed by atoms with van der Waals surface area (Å²) in [6.45, 7) is 13.6. The van der Waals surface area contributed by atoms with Crippen LogP contribution in [0.15, 0.2) is 65.7 Å². The van der Waals surface area contributed by atoms with Crippen LogP contribution in [-0.4, -0.2) is 103 Å². The molecule has 3 saturated heterocycles. The maximum Gasteiger partial charge on any atom is 0.262 e. The molecule has 4 aliphatic rings. The van der Waals surface area contributed by atoms with Gasteiger partial charge in [0.2, 0.25) is 17.8 Å². The fourth-order valence-corrected chi connectivity index (χ4v) is 10.4. The quantitative estimate of drug-likeness (QED) is 0.0968. The molecule has 0 aliphatic carbocycles. The molecule has 2 atom stereocenters. The van der Waals surface area contributed by atoms with Crippen LogP contribution < -0.4 is 35.8 Å². The maximum atomic E-state index is 13.5. The zero-order chi connectivity index (χ0) is 46.2. The van der Waals surface area contributed by atoms with E-state index in [-0.39, 0.29) is 52.2 Å². The second-order valence-corrected chi connectivity index (χ2v) is 20.7. The highest BCUT2D eigenvalue weighted by Crippen LogP contribution is 2.38. The van der Waals surface area contributed by atoms with Crippen LogP contribution in [0.25, 0.3) is 0 Å². The first kappa shape index (κ1) is 45.8. The Morgan fingerprint density at radius 3 is 2.37 bits per heavy atom. The van der Waals surface area contributed by atoms with Crippen LogP contribution in [0.5, 0.6) is 5.75 Å². The zero-order valence-electron chi connectivity index (χ0n) is 37.3. The van der Waals surface area contributed by atoms with Crippen LogP contribution in [0, 0.1) is 12.8 Å². The minimum atomic E-state index is -3.59. The Morgan fingerprint density at radius 1 is 0.877 bits per heavy atom. The number of aromatic nitrogens is 2. The number of carbonyl (C=O) groups is 4. The molecule has 3 aromatic carbocycles. The third-order valence-electron chi connectivity index (χ3n) is 12.6. The lowest BCUT2D eigenvalue weighted by Gasteiger charge is -2.38. The maximum absolute atomic E-state index is 13.5. The average Bonchev–Trinajstić information content (AvgIpc) is 3.52. The number of hydrogen-bond acceptors (Lipinski definition) is 14. The normalized spacial score (nSPS) is 19.5. The number of ether oxygens (including phenoxy) is 1. The average molecular weight is 927 g/mol. The molecular weight excluding hydrogens is 870 g/mol. The molecule has 4 N–H and O–H groups in total. The number of para-hydroxylation sites is 1. The molecule has 0 bridgehead atoms. The van der Waals surface area contributed by atoms with E-state index in [1.165, 1.54) is 6.20 Å². The van der Waals surface area contributed by atoms with Crippen molar-refractivity contribution in [1.29, 1.82) is 0 Å². The van der Waals surface area contributed by atoms with Gasteiger partial charge in [-0.1, -0.05) is 23.7 Å². The highest BCUT2D eigenvalue weighted by atomic mass is 35.5. The number of halogens is 1. The summed E-state index contributed by atoms with van der Waals surface area (Å²) >= 11 is 6.53. The Hall–Kier alpha value is -5.78. The van der Waals surface area contributed by atoms with Crippen LogP contribution in [0.4, 0.5) is 34.5 Å². The first-order chi connectivity index (χ1) is 31.1. The lowest BCUT2D eigenvalue weighted by Crippen LogP contribution is -2.54. The van der Waals surface area contributed by atoms with E-state index >= 15 is 0 Å². The van der Waals surface area contributed by atoms with Gasteiger partial charge in [-0.3, -0.25) is 29.4 Å². The number of piperidine rings is 3. The second kappa shape index (κ2) is 19.0. The molecule has 3 fully saturated rings. The first-order valence-corrected chi connectivity index (χ1v) is 24.3. The van der Waals surface area contributed by atoms with E-state index in [0.717, 1.165) is 80.2 Å². The number of benzene rings is 3. The van der Waals surface area contributed by atoms with Gasteiger partial charge in [0, 0.05) is 56.1 Å². The van der Waals surface area contributed by atoms with Crippen LogP contribution in [0.3, 0.4) is 0 Å². The summed E-state index contributed by atoms with van der Waals surface area (Å²) in [6.07, 6.45) is 5.62. The summed E-state index contributed by atoms with van der Waals surface area (Å²) in [5.74, 6) is -0.349. The fourth-order valence-electron chi connectivity index (χ4n) is 9.05. The van der Waals surface area contributed by atoms with Gasteiger partial charge in [0.1, 0.15) is 16.8 Å². The third-order valence-corrected chi connectivity index (χ3v) is 15.1. The standard InChI is InChI=1S/C47H56ClN9O7S/c1-27(2)64-40-23-39(29(5)21-37(40)52-47-50-25-35(48)43(54-47)51-36-10-6-7-11-41(36)65(62,63)28(3)4)55-19-16-30(17-20-55)24-49-31-9-8-18-56(26-31)32-12-13-33-34(22-32)46(61)57(45(33)60)38-14-15-42(58)53-44(38)59/h6-7,10-13,21-23,25,27-28,30-31,38,49H,8-9,14-20,24,26H2,1-5H3,(H,53,58,59)(H2,50,51,52,54). The van der Waals surface area contributed by atoms with Gasteiger partial charge in [-0.2, -0.15) is 4.98 Å². The van der Waals surface area contributed by atoms with Crippen molar-refractivity contribution in [2.24, 2.45) is 5.92 Å². The van der Waals surface area contributed by atoms with Crippen LogP contribution in [-0.2, 0) is 19.4 Å². The number of rotatable bonds is 14. The Labute approximate surface area is 384 Å². The number of carbonyl (C=O) groups excluding carboxylic acids is 4. The molecule has 8 rings (SSSR count). The topological polar surface area (TPSA) is 195 Å². The molecule has 16 nitrogen and oxygen atoms in total. The molecule has 18 heteroatoms. The molecule has 4 aromatic rings. The van der Waals surface area contributed by atoms with Gasteiger partial charge in [0.25, 0.3) is 11.8 Å². The van der Waals surface area contributed by atoms with Crippen molar-refractivity contribution in [1.82, 2.24) is 25.5 Å². The Balaban J connectivity index is 0.879. The van der Waals surface area contributed by atoms with Gasteiger partial charge in [-0.15, -0.1) is 0 Å².